The summed E-state index contributed by atoms with van der Waals surface area (Å²) in [6.45, 7) is -0.0451. The van der Waals surface area contributed by atoms with Crippen molar-refractivity contribution in [3.63, 3.8) is 0 Å². The van der Waals surface area contributed by atoms with E-state index in [0.29, 0.717) is 25.1 Å². The second-order valence-corrected chi connectivity index (χ2v) is 4.48. The van der Waals surface area contributed by atoms with Crippen LogP contribution in [-0.4, -0.2) is 30.4 Å². The summed E-state index contributed by atoms with van der Waals surface area (Å²) in [5.41, 5.74) is 0.709. The lowest BCUT2D eigenvalue weighted by Gasteiger charge is -2.37. The Balaban J connectivity index is 2.12. The second-order valence-electron chi connectivity index (χ2n) is 4.48. The van der Waals surface area contributed by atoms with Gasteiger partial charge in [0.2, 0.25) is 0 Å². The Labute approximate surface area is 98.4 Å². The van der Waals surface area contributed by atoms with Crippen molar-refractivity contribution < 1.29 is 18.6 Å². The van der Waals surface area contributed by atoms with Crippen LogP contribution in [0.3, 0.4) is 0 Å². The van der Waals surface area contributed by atoms with E-state index in [0.717, 1.165) is 5.56 Å². The van der Waals surface area contributed by atoms with Crippen molar-refractivity contribution in [2.75, 3.05) is 13.1 Å². The minimum absolute atomic E-state index is 0.174. The first kappa shape index (κ1) is 12.3. The summed E-state index contributed by atoms with van der Waals surface area (Å²) in [6, 6.07) is 5.12. The maximum atomic E-state index is 12.2. The van der Waals surface area contributed by atoms with Crippen molar-refractivity contribution in [3.05, 3.63) is 29.3 Å². The Morgan fingerprint density at radius 1 is 1.47 bits per heavy atom. The van der Waals surface area contributed by atoms with Crippen LogP contribution in [0.1, 0.15) is 11.1 Å². The van der Waals surface area contributed by atoms with Gasteiger partial charge in [-0.25, -0.2) is 0 Å². The van der Waals surface area contributed by atoms with Crippen LogP contribution in [-0.2, 0) is 6.42 Å². The number of aliphatic hydroxyl groups is 1. The Hall–Kier alpha value is -1.20. The number of rotatable bonds is 4. The summed E-state index contributed by atoms with van der Waals surface area (Å²) < 4.78 is 28.8. The zero-order valence-electron chi connectivity index (χ0n) is 9.54. The molecule has 0 aliphatic carbocycles. The lowest BCUT2D eigenvalue weighted by molar-refractivity contribution is -0.0504. The van der Waals surface area contributed by atoms with Gasteiger partial charge in [-0.15, -0.1) is 0 Å². The molecule has 0 unspecified atom stereocenters. The van der Waals surface area contributed by atoms with Crippen molar-refractivity contribution in [3.8, 4) is 5.75 Å². The standard InChI is InChI=1S/C12H15F2NO2/c1-8-2-3-9(4-10(8)17-11(13)14)5-12(16)6-15-7-12/h2-4,11,15-16H,5-7H2,1H3. The van der Waals surface area contributed by atoms with E-state index in [2.05, 4.69) is 10.1 Å². The van der Waals surface area contributed by atoms with Gasteiger partial charge in [-0.2, -0.15) is 8.78 Å². The molecule has 17 heavy (non-hydrogen) atoms. The van der Waals surface area contributed by atoms with Crippen LogP contribution in [0.15, 0.2) is 18.2 Å². The van der Waals surface area contributed by atoms with Crippen LogP contribution in [0.2, 0.25) is 0 Å². The summed E-state index contributed by atoms with van der Waals surface area (Å²) in [4.78, 5) is 0. The van der Waals surface area contributed by atoms with Gasteiger partial charge in [-0.05, 0) is 24.1 Å². The second kappa shape index (κ2) is 4.58. The van der Waals surface area contributed by atoms with Gasteiger partial charge in [-0.3, -0.25) is 0 Å². The molecule has 0 atom stereocenters. The first-order chi connectivity index (χ1) is 7.98. The van der Waals surface area contributed by atoms with Gasteiger partial charge in [0, 0.05) is 19.5 Å². The third-order valence-corrected chi connectivity index (χ3v) is 2.91. The summed E-state index contributed by atoms with van der Waals surface area (Å²) in [5.74, 6) is 0.174. The smallest absolute Gasteiger partial charge is 0.387 e. The fraction of sp³-hybridized carbons (Fsp3) is 0.500. The highest BCUT2D eigenvalue weighted by molar-refractivity contribution is 5.37. The Bertz CT molecular complexity index is 405. The largest absolute Gasteiger partial charge is 0.435 e. The van der Waals surface area contributed by atoms with E-state index in [4.69, 9.17) is 0 Å². The SMILES string of the molecule is Cc1ccc(CC2(O)CNC2)cc1OC(F)F. The highest BCUT2D eigenvalue weighted by Gasteiger charge is 2.34. The topological polar surface area (TPSA) is 41.5 Å². The number of benzene rings is 1. The van der Waals surface area contributed by atoms with Gasteiger partial charge in [0.25, 0.3) is 0 Å². The molecule has 0 aromatic heterocycles. The number of halogens is 2. The van der Waals surface area contributed by atoms with E-state index in [1.807, 2.05) is 6.07 Å². The minimum Gasteiger partial charge on any atom is -0.435 e. The minimum atomic E-state index is -2.82. The molecule has 1 aromatic carbocycles. The van der Waals surface area contributed by atoms with Gasteiger partial charge in [-0.1, -0.05) is 12.1 Å². The van der Waals surface area contributed by atoms with Crippen molar-refractivity contribution in [1.29, 1.82) is 0 Å². The number of alkyl halides is 2. The van der Waals surface area contributed by atoms with Gasteiger partial charge in [0.05, 0.1) is 5.60 Å². The monoisotopic (exact) mass is 243 g/mol. The molecule has 1 fully saturated rings. The van der Waals surface area contributed by atoms with Crippen LogP contribution in [0.4, 0.5) is 8.78 Å². The Kier molecular flexibility index (Phi) is 3.31. The first-order valence-corrected chi connectivity index (χ1v) is 5.46. The summed E-state index contributed by atoms with van der Waals surface area (Å²) in [5, 5.41) is 12.9. The molecule has 0 spiro atoms. The average Bonchev–Trinajstić information content (AvgIpc) is 2.20. The van der Waals surface area contributed by atoms with E-state index >= 15 is 0 Å². The third kappa shape index (κ3) is 2.92. The van der Waals surface area contributed by atoms with Crippen molar-refractivity contribution >= 4 is 0 Å². The van der Waals surface area contributed by atoms with Crippen LogP contribution in [0, 0.1) is 6.92 Å². The van der Waals surface area contributed by atoms with E-state index < -0.39 is 12.2 Å². The van der Waals surface area contributed by atoms with Gasteiger partial charge < -0.3 is 15.2 Å². The molecule has 0 bridgehead atoms. The molecular formula is C12H15F2NO2. The molecule has 3 nitrogen and oxygen atoms in total. The fourth-order valence-corrected chi connectivity index (χ4v) is 1.90. The molecule has 94 valence electrons. The predicted octanol–water partition coefficient (Wildman–Crippen LogP) is 1.47. The van der Waals surface area contributed by atoms with E-state index in [1.165, 1.54) is 0 Å². The number of aryl methyl sites for hydroxylation is 1. The molecule has 2 N–H and O–H groups in total. The molecule has 1 saturated heterocycles. The summed E-state index contributed by atoms with van der Waals surface area (Å²) in [7, 11) is 0. The molecular weight excluding hydrogens is 228 g/mol. The fourth-order valence-electron chi connectivity index (χ4n) is 1.90. The molecule has 1 aliphatic rings. The highest BCUT2D eigenvalue weighted by Crippen LogP contribution is 2.25. The average molecular weight is 243 g/mol. The van der Waals surface area contributed by atoms with Gasteiger partial charge in [0.15, 0.2) is 0 Å². The molecule has 0 saturated carbocycles. The van der Waals surface area contributed by atoms with E-state index in [-0.39, 0.29) is 5.75 Å². The molecule has 1 aliphatic heterocycles. The number of hydrogen-bond donors (Lipinski definition) is 2. The third-order valence-electron chi connectivity index (χ3n) is 2.91. The zero-order valence-corrected chi connectivity index (χ0v) is 9.54. The first-order valence-electron chi connectivity index (χ1n) is 5.46. The quantitative estimate of drug-likeness (QED) is 0.841. The van der Waals surface area contributed by atoms with Crippen LogP contribution >= 0.6 is 0 Å². The van der Waals surface area contributed by atoms with Crippen LogP contribution in [0.25, 0.3) is 0 Å². The van der Waals surface area contributed by atoms with Gasteiger partial charge in [0.1, 0.15) is 5.75 Å². The Morgan fingerprint density at radius 2 is 2.18 bits per heavy atom. The number of β-amino-alcohol motifs (C(OH)–C–C–N with tert-alkyl or cyclic N) is 1. The van der Waals surface area contributed by atoms with Crippen molar-refractivity contribution in [2.45, 2.75) is 25.6 Å². The molecule has 0 amide bonds. The molecule has 1 aromatic rings. The lowest BCUT2D eigenvalue weighted by atomic mass is 9.89. The summed E-state index contributed by atoms with van der Waals surface area (Å²) >= 11 is 0. The van der Waals surface area contributed by atoms with E-state index in [1.54, 1.807) is 19.1 Å². The summed E-state index contributed by atoms with van der Waals surface area (Å²) in [6.07, 6.45) is 0.444. The maximum absolute atomic E-state index is 12.2. The Morgan fingerprint density at radius 3 is 2.71 bits per heavy atom. The lowest BCUT2D eigenvalue weighted by Crippen LogP contribution is -2.60. The van der Waals surface area contributed by atoms with Crippen molar-refractivity contribution in [2.24, 2.45) is 0 Å². The molecule has 1 heterocycles. The number of ether oxygens (including phenoxy) is 1. The highest BCUT2D eigenvalue weighted by atomic mass is 19.3. The molecule has 5 heteroatoms. The van der Waals surface area contributed by atoms with Gasteiger partial charge >= 0.3 is 6.61 Å². The number of nitrogens with one attached hydrogen (secondary N) is 1. The van der Waals surface area contributed by atoms with Crippen molar-refractivity contribution in [1.82, 2.24) is 5.32 Å². The molecule has 0 radical (unpaired) electrons. The number of hydrogen-bond acceptors (Lipinski definition) is 3. The van der Waals surface area contributed by atoms with Crippen LogP contribution in [0.5, 0.6) is 5.75 Å². The molecule has 2 rings (SSSR count). The maximum Gasteiger partial charge on any atom is 0.387 e. The zero-order chi connectivity index (χ0) is 12.5. The predicted molar refractivity (Wildman–Crippen MR) is 59.3 cm³/mol. The van der Waals surface area contributed by atoms with Crippen LogP contribution < -0.4 is 10.1 Å². The normalized spacial score (nSPS) is 17.9. The van der Waals surface area contributed by atoms with E-state index in [9.17, 15) is 13.9 Å².